The normalized spacial score (nSPS) is 15.8. The second kappa shape index (κ2) is 8.99. The summed E-state index contributed by atoms with van der Waals surface area (Å²) in [5.74, 6) is -0.119. The molecule has 3 rings (SSSR count). The van der Waals surface area contributed by atoms with Crippen molar-refractivity contribution in [1.29, 1.82) is 0 Å². The topological polar surface area (TPSA) is 131 Å². The van der Waals surface area contributed by atoms with E-state index in [0.717, 1.165) is 0 Å². The van der Waals surface area contributed by atoms with Gasteiger partial charge < -0.3 is 15.8 Å². The number of phenols is 1. The zero-order chi connectivity index (χ0) is 21.5. The van der Waals surface area contributed by atoms with E-state index in [4.69, 9.17) is 0 Å². The Morgan fingerprint density at radius 2 is 1.70 bits per heavy atom. The molecular formula is C21H19Br2NO5S. The first-order valence-electron chi connectivity index (χ1n) is 8.40. The summed E-state index contributed by atoms with van der Waals surface area (Å²) in [6.45, 7) is 3.36. The van der Waals surface area contributed by atoms with Crippen LogP contribution in [0.3, 0.4) is 0 Å². The molecule has 0 saturated carbocycles. The number of hydrogen-bond acceptors (Lipinski definition) is 5. The molecule has 0 saturated heterocycles. The van der Waals surface area contributed by atoms with Gasteiger partial charge in [0.25, 0.3) is 0 Å². The predicted octanol–water partition coefficient (Wildman–Crippen LogP) is 5.35. The first-order chi connectivity index (χ1) is 13.5. The van der Waals surface area contributed by atoms with Gasteiger partial charge in [-0.15, -0.1) is 0 Å². The van der Waals surface area contributed by atoms with Crippen LogP contribution >= 0.6 is 31.9 Å². The third-order valence-corrected chi connectivity index (χ3v) is 6.57. The highest BCUT2D eigenvalue weighted by atomic mass is 79.9. The van der Waals surface area contributed by atoms with E-state index in [1.54, 1.807) is 50.3 Å². The van der Waals surface area contributed by atoms with E-state index in [1.165, 1.54) is 12.1 Å². The molecule has 5 N–H and O–H groups in total. The lowest BCUT2D eigenvalue weighted by Gasteiger charge is -2.20. The summed E-state index contributed by atoms with van der Waals surface area (Å²) in [6.07, 6.45) is 3.24. The van der Waals surface area contributed by atoms with Crippen molar-refractivity contribution in [3.8, 4) is 5.75 Å². The number of rotatable bonds is 3. The highest BCUT2D eigenvalue weighted by Gasteiger charge is 2.22. The maximum Gasteiger partial charge on any atom is 0.195 e. The van der Waals surface area contributed by atoms with Gasteiger partial charge >= 0.3 is 0 Å². The molecular weight excluding hydrogens is 538 g/mol. The van der Waals surface area contributed by atoms with Gasteiger partial charge in [-0.25, -0.2) is 8.42 Å². The van der Waals surface area contributed by atoms with Gasteiger partial charge in [0.15, 0.2) is 5.78 Å². The van der Waals surface area contributed by atoms with Crippen molar-refractivity contribution in [3.63, 3.8) is 0 Å². The van der Waals surface area contributed by atoms with Gasteiger partial charge in [0, 0.05) is 5.56 Å². The van der Waals surface area contributed by atoms with Gasteiger partial charge in [0.05, 0.1) is 13.9 Å². The van der Waals surface area contributed by atoms with Crippen LogP contribution in [-0.2, 0) is 14.9 Å². The molecule has 2 aromatic carbocycles. The monoisotopic (exact) mass is 555 g/mol. The second-order valence-electron chi connectivity index (χ2n) is 6.55. The summed E-state index contributed by atoms with van der Waals surface area (Å²) < 4.78 is 36.5. The van der Waals surface area contributed by atoms with E-state index >= 15 is 0 Å². The van der Waals surface area contributed by atoms with Gasteiger partial charge in [-0.2, -0.15) is 0 Å². The minimum absolute atomic E-state index is 0. The number of allylic oxidation sites excluding steroid dienone is 5. The van der Waals surface area contributed by atoms with Crippen molar-refractivity contribution in [2.24, 2.45) is 0 Å². The van der Waals surface area contributed by atoms with Crippen LogP contribution in [0.5, 0.6) is 5.75 Å². The molecule has 0 amide bonds. The molecule has 6 nitrogen and oxygen atoms in total. The lowest BCUT2D eigenvalue weighted by Crippen LogP contribution is -2.08. The Hall–Kier alpha value is -2.04. The number of Topliss-reactive ketones (excluding diaryl/α,β-unsaturated/α-hetero) is 1. The van der Waals surface area contributed by atoms with E-state index in [1.807, 2.05) is 0 Å². The standard InChI is InChI=1S/C21H16Br2O5S.H3N/c1-11-7-13(9-16(22)20(11)24)19(14-8-12(2)21(25)17(23)10-14)15-5-3-4-6-18(15)29(26,27)28;/h3-10,24H,1-2H3,(H,26,27,28);1H3/b19-14+;. The Bertz CT molecular complexity index is 1200. The number of aryl methyl sites for hydroxylation is 1. The van der Waals surface area contributed by atoms with Gasteiger partial charge in [-0.3, -0.25) is 4.79 Å². The zero-order valence-corrected chi connectivity index (χ0v) is 20.4. The molecule has 2 aromatic rings. The first kappa shape index (κ1) is 24.2. The predicted molar refractivity (Wildman–Crippen MR) is 123 cm³/mol. The van der Waals surface area contributed by atoms with Crippen LogP contribution in [0.25, 0.3) is 5.57 Å². The van der Waals surface area contributed by atoms with E-state index in [-0.39, 0.29) is 28.1 Å². The van der Waals surface area contributed by atoms with Crippen LogP contribution in [0.4, 0.5) is 0 Å². The van der Waals surface area contributed by atoms with E-state index in [9.17, 15) is 22.9 Å². The molecule has 0 aromatic heterocycles. The van der Waals surface area contributed by atoms with E-state index in [0.29, 0.717) is 36.8 Å². The molecule has 0 spiro atoms. The minimum Gasteiger partial charge on any atom is -0.744 e. The van der Waals surface area contributed by atoms with Crippen molar-refractivity contribution in [2.75, 3.05) is 0 Å². The third-order valence-electron chi connectivity index (χ3n) is 4.49. The lowest BCUT2D eigenvalue weighted by molar-refractivity contribution is -0.111. The number of carbonyl (C=O) groups is 1. The summed E-state index contributed by atoms with van der Waals surface area (Å²) in [6, 6.07) is 9.24. The van der Waals surface area contributed by atoms with Crippen LogP contribution in [0.2, 0.25) is 0 Å². The number of ketones is 1. The number of quaternary nitrogens is 1. The first-order valence-corrected chi connectivity index (χ1v) is 11.4. The number of phenolic OH excluding ortho intramolecular Hbond substituents is 1. The summed E-state index contributed by atoms with van der Waals surface area (Å²) >= 11 is 6.56. The maximum atomic E-state index is 12.2. The average molecular weight is 557 g/mol. The maximum absolute atomic E-state index is 12.2. The number of aromatic hydroxyl groups is 1. The molecule has 0 heterocycles. The van der Waals surface area contributed by atoms with Gasteiger partial charge in [0.1, 0.15) is 15.9 Å². The van der Waals surface area contributed by atoms with Gasteiger partial charge in [-0.1, -0.05) is 18.2 Å². The van der Waals surface area contributed by atoms with Crippen molar-refractivity contribution < 1.29 is 22.9 Å². The largest absolute Gasteiger partial charge is 0.744 e. The van der Waals surface area contributed by atoms with Crippen molar-refractivity contribution in [1.82, 2.24) is 6.15 Å². The highest BCUT2D eigenvalue weighted by Crippen LogP contribution is 2.39. The molecule has 9 heteroatoms. The van der Waals surface area contributed by atoms with Gasteiger partial charge in [0.2, 0.25) is 0 Å². The number of carbonyl (C=O) groups excluding carboxylic acids is 1. The van der Waals surface area contributed by atoms with Crippen molar-refractivity contribution in [3.05, 3.63) is 85.3 Å². The minimum atomic E-state index is -4.76. The van der Waals surface area contributed by atoms with Crippen molar-refractivity contribution >= 4 is 53.3 Å². The zero-order valence-electron chi connectivity index (χ0n) is 16.4. The Morgan fingerprint density at radius 3 is 2.27 bits per heavy atom. The SMILES string of the molecule is CC1=C/C(=C(/c2cc(C)c(O)c(Br)c2)c2ccccc2S(=O)(=O)[O-])C=C(Br)C1=O.[NH4+]. The van der Waals surface area contributed by atoms with E-state index in [2.05, 4.69) is 31.9 Å². The third kappa shape index (κ3) is 4.65. The molecule has 0 radical (unpaired) electrons. The fourth-order valence-corrected chi connectivity index (χ4v) is 4.93. The van der Waals surface area contributed by atoms with Crippen LogP contribution < -0.4 is 6.15 Å². The fourth-order valence-electron chi connectivity index (χ4n) is 3.12. The van der Waals surface area contributed by atoms with E-state index < -0.39 is 10.1 Å². The smallest absolute Gasteiger partial charge is 0.195 e. The van der Waals surface area contributed by atoms with Crippen LogP contribution in [-0.4, -0.2) is 23.9 Å². The lowest BCUT2D eigenvalue weighted by atomic mass is 9.88. The van der Waals surface area contributed by atoms with Crippen LogP contribution in [0.15, 0.2) is 73.5 Å². The summed E-state index contributed by atoms with van der Waals surface area (Å²) in [5, 5.41) is 10.1. The van der Waals surface area contributed by atoms with Gasteiger partial charge in [-0.05, 0) is 104 Å². The number of halogens is 2. The van der Waals surface area contributed by atoms with Crippen LogP contribution in [0.1, 0.15) is 23.6 Å². The molecule has 0 bridgehead atoms. The van der Waals surface area contributed by atoms with Crippen molar-refractivity contribution in [2.45, 2.75) is 18.7 Å². The van der Waals surface area contributed by atoms with Crippen LogP contribution in [0, 0.1) is 6.92 Å². The Labute approximate surface area is 191 Å². The molecule has 0 fully saturated rings. The quantitative estimate of drug-likeness (QED) is 0.492. The number of benzene rings is 2. The summed E-state index contributed by atoms with van der Waals surface area (Å²) in [4.78, 5) is 11.8. The Morgan fingerprint density at radius 1 is 1.07 bits per heavy atom. The molecule has 0 unspecified atom stereocenters. The molecule has 1 aliphatic carbocycles. The molecule has 30 heavy (non-hydrogen) atoms. The molecule has 1 aliphatic rings. The highest BCUT2D eigenvalue weighted by molar-refractivity contribution is 9.12. The molecule has 0 aliphatic heterocycles. The second-order valence-corrected chi connectivity index (χ2v) is 9.61. The Kier molecular flexibility index (Phi) is 7.26. The summed E-state index contributed by atoms with van der Waals surface area (Å²) in [5.41, 5.74) is 2.82. The molecule has 0 atom stereocenters. The average Bonchev–Trinajstić information content (AvgIpc) is 2.64. The summed E-state index contributed by atoms with van der Waals surface area (Å²) in [7, 11) is -4.76. The number of hydrogen-bond donors (Lipinski definition) is 2. The fraction of sp³-hybridized carbons (Fsp3) is 0.0952. The Balaban J connectivity index is 0.00000320. The molecule has 158 valence electrons.